The molecule has 2 amide bonds. The molecule has 0 spiro atoms. The Balaban J connectivity index is 1.17. The lowest BCUT2D eigenvalue weighted by molar-refractivity contribution is -0.126. The summed E-state index contributed by atoms with van der Waals surface area (Å²) in [4.78, 5) is 29.3. The molecule has 0 saturated carbocycles. The maximum atomic E-state index is 12.7. The van der Waals surface area contributed by atoms with Crippen LogP contribution in [0.3, 0.4) is 0 Å². The Morgan fingerprint density at radius 3 is 2.36 bits per heavy atom. The third-order valence-electron chi connectivity index (χ3n) is 6.16. The van der Waals surface area contributed by atoms with Gasteiger partial charge in [0.2, 0.25) is 5.91 Å². The Labute approximate surface area is 214 Å². The fraction of sp³-hybridized carbons (Fsp3) is 0.214. The van der Waals surface area contributed by atoms with Crippen molar-refractivity contribution in [2.24, 2.45) is 0 Å². The predicted molar refractivity (Wildman–Crippen MR) is 141 cm³/mol. The van der Waals surface area contributed by atoms with E-state index in [1.54, 1.807) is 30.3 Å². The van der Waals surface area contributed by atoms with Crippen LogP contribution in [0.4, 0.5) is 11.4 Å². The zero-order valence-electron chi connectivity index (χ0n) is 19.7. The molecule has 0 atom stereocenters. The van der Waals surface area contributed by atoms with E-state index in [4.69, 9.17) is 21.1 Å². The average molecular weight is 504 g/mol. The van der Waals surface area contributed by atoms with Gasteiger partial charge in [0.1, 0.15) is 13.2 Å². The molecule has 7 nitrogen and oxygen atoms in total. The monoisotopic (exact) mass is 503 g/mol. The van der Waals surface area contributed by atoms with Gasteiger partial charge in [-0.2, -0.15) is 0 Å². The van der Waals surface area contributed by atoms with Crippen molar-refractivity contribution >= 4 is 40.9 Å². The van der Waals surface area contributed by atoms with Crippen LogP contribution >= 0.6 is 11.6 Å². The fourth-order valence-corrected chi connectivity index (χ4v) is 4.53. The van der Waals surface area contributed by atoms with Gasteiger partial charge in [0.25, 0.3) is 5.91 Å². The number of benzene rings is 3. The lowest BCUT2D eigenvalue weighted by atomic mass is 10.1. The zero-order chi connectivity index (χ0) is 24.9. The molecule has 2 aliphatic rings. The van der Waals surface area contributed by atoms with Crippen LogP contribution < -0.4 is 19.7 Å². The van der Waals surface area contributed by atoms with Crippen LogP contribution in [0.5, 0.6) is 11.5 Å². The first-order chi connectivity index (χ1) is 17.6. The van der Waals surface area contributed by atoms with E-state index in [0.29, 0.717) is 67.2 Å². The first-order valence-electron chi connectivity index (χ1n) is 11.8. The normalized spacial score (nSPS) is 15.1. The number of halogens is 1. The number of ether oxygens (including phenoxy) is 2. The molecule has 3 aromatic rings. The van der Waals surface area contributed by atoms with Crippen LogP contribution in [-0.2, 0) is 4.79 Å². The molecular formula is C28H26ClN3O4. The van der Waals surface area contributed by atoms with Crippen LogP contribution in [0, 0.1) is 0 Å². The van der Waals surface area contributed by atoms with Crippen LogP contribution in [0.15, 0.2) is 72.8 Å². The minimum Gasteiger partial charge on any atom is -0.486 e. The quantitative estimate of drug-likeness (QED) is 0.510. The number of anilines is 2. The lowest BCUT2D eigenvalue weighted by Gasteiger charge is -2.36. The number of piperazine rings is 1. The van der Waals surface area contributed by atoms with Gasteiger partial charge in [-0.05, 0) is 48.0 Å². The summed E-state index contributed by atoms with van der Waals surface area (Å²) in [7, 11) is 0. The molecule has 184 valence electrons. The van der Waals surface area contributed by atoms with Crippen molar-refractivity contribution in [3.63, 3.8) is 0 Å². The summed E-state index contributed by atoms with van der Waals surface area (Å²) in [6, 6.07) is 20.4. The lowest BCUT2D eigenvalue weighted by Crippen LogP contribution is -2.48. The van der Waals surface area contributed by atoms with Gasteiger partial charge in [0.15, 0.2) is 11.5 Å². The van der Waals surface area contributed by atoms with Gasteiger partial charge >= 0.3 is 0 Å². The Bertz CT molecular complexity index is 1290. The Kier molecular flexibility index (Phi) is 7.09. The topological polar surface area (TPSA) is 71.1 Å². The maximum absolute atomic E-state index is 12.7. The molecular weight excluding hydrogens is 478 g/mol. The molecule has 0 unspecified atom stereocenters. The van der Waals surface area contributed by atoms with Gasteiger partial charge in [-0.1, -0.05) is 41.9 Å². The van der Waals surface area contributed by atoms with Crippen molar-refractivity contribution in [1.82, 2.24) is 4.90 Å². The molecule has 2 aliphatic heterocycles. The summed E-state index contributed by atoms with van der Waals surface area (Å²) in [6.07, 6.45) is 3.46. The Morgan fingerprint density at radius 2 is 1.61 bits per heavy atom. The smallest absolute Gasteiger partial charge is 0.255 e. The first-order valence-corrected chi connectivity index (χ1v) is 12.2. The van der Waals surface area contributed by atoms with Gasteiger partial charge in [0.05, 0.1) is 10.7 Å². The summed E-state index contributed by atoms with van der Waals surface area (Å²) in [5, 5.41) is 3.43. The van der Waals surface area contributed by atoms with Gasteiger partial charge < -0.3 is 24.6 Å². The van der Waals surface area contributed by atoms with E-state index in [1.807, 2.05) is 53.4 Å². The number of hydrogen-bond donors (Lipinski definition) is 1. The Morgan fingerprint density at radius 1 is 0.861 bits per heavy atom. The van der Waals surface area contributed by atoms with Gasteiger partial charge in [0, 0.05) is 43.5 Å². The molecule has 5 rings (SSSR count). The molecule has 2 heterocycles. The van der Waals surface area contributed by atoms with Crippen molar-refractivity contribution in [1.29, 1.82) is 0 Å². The summed E-state index contributed by atoms with van der Waals surface area (Å²) in [5.74, 6) is 0.947. The maximum Gasteiger partial charge on any atom is 0.255 e. The van der Waals surface area contributed by atoms with Crippen LogP contribution in [0.25, 0.3) is 6.08 Å². The van der Waals surface area contributed by atoms with E-state index >= 15 is 0 Å². The van der Waals surface area contributed by atoms with Crippen LogP contribution in [-0.4, -0.2) is 56.1 Å². The number of hydrogen-bond acceptors (Lipinski definition) is 5. The molecule has 0 radical (unpaired) electrons. The molecule has 0 bridgehead atoms. The SMILES string of the molecule is O=C(Nc1ccc(N2CCN(C(=O)/C=C/c3ccccc3)CC2)c(Cl)c1)c1ccc2c(c1)OCCO2. The van der Waals surface area contributed by atoms with Crippen molar-refractivity contribution in [2.75, 3.05) is 49.6 Å². The predicted octanol–water partition coefficient (Wildman–Crippen LogP) is 4.73. The molecule has 1 N–H and O–H groups in total. The van der Waals surface area contributed by atoms with E-state index in [2.05, 4.69) is 10.2 Å². The summed E-state index contributed by atoms with van der Waals surface area (Å²) >= 11 is 6.58. The zero-order valence-corrected chi connectivity index (χ0v) is 20.4. The Hall–Kier alpha value is -3.97. The number of nitrogens with one attached hydrogen (secondary N) is 1. The highest BCUT2D eigenvalue weighted by Gasteiger charge is 2.22. The van der Waals surface area contributed by atoms with Gasteiger partial charge in [-0.3, -0.25) is 9.59 Å². The first kappa shape index (κ1) is 23.8. The van der Waals surface area contributed by atoms with Gasteiger partial charge in [-0.25, -0.2) is 0 Å². The van der Waals surface area contributed by atoms with E-state index < -0.39 is 0 Å². The van der Waals surface area contributed by atoms with Crippen molar-refractivity contribution in [2.45, 2.75) is 0 Å². The highest BCUT2D eigenvalue weighted by atomic mass is 35.5. The number of amides is 2. The fourth-order valence-electron chi connectivity index (χ4n) is 4.23. The average Bonchev–Trinajstić information content (AvgIpc) is 2.92. The third-order valence-corrected chi connectivity index (χ3v) is 6.46. The number of nitrogens with zero attached hydrogens (tertiary/aromatic N) is 2. The number of carbonyl (C=O) groups excluding carboxylic acids is 2. The minimum atomic E-state index is -0.258. The molecule has 8 heteroatoms. The van der Waals surface area contributed by atoms with E-state index in [9.17, 15) is 9.59 Å². The van der Waals surface area contributed by atoms with E-state index in [0.717, 1.165) is 11.3 Å². The standard InChI is InChI=1S/C28H26ClN3O4/c29-23-19-22(30-28(34)21-7-10-25-26(18-21)36-17-16-35-25)8-9-24(23)31-12-14-32(15-13-31)27(33)11-6-20-4-2-1-3-5-20/h1-11,18-19H,12-17H2,(H,30,34)/b11-6+. The van der Waals surface area contributed by atoms with Crippen molar-refractivity contribution in [3.8, 4) is 11.5 Å². The molecule has 3 aromatic carbocycles. The molecule has 36 heavy (non-hydrogen) atoms. The van der Waals surface area contributed by atoms with Crippen molar-refractivity contribution in [3.05, 3.63) is 89.0 Å². The minimum absolute atomic E-state index is 0.00167. The largest absolute Gasteiger partial charge is 0.486 e. The van der Waals surface area contributed by atoms with Gasteiger partial charge in [-0.15, -0.1) is 0 Å². The molecule has 0 aliphatic carbocycles. The summed E-state index contributed by atoms with van der Waals surface area (Å²) in [5.41, 5.74) is 2.95. The highest BCUT2D eigenvalue weighted by Crippen LogP contribution is 2.32. The number of fused-ring (bicyclic) bond motifs is 1. The second kappa shape index (κ2) is 10.7. The van der Waals surface area contributed by atoms with E-state index in [-0.39, 0.29) is 11.8 Å². The van der Waals surface area contributed by atoms with Crippen molar-refractivity contribution < 1.29 is 19.1 Å². The molecule has 1 fully saturated rings. The summed E-state index contributed by atoms with van der Waals surface area (Å²) in [6.45, 7) is 3.52. The second-order valence-electron chi connectivity index (χ2n) is 8.54. The third kappa shape index (κ3) is 5.47. The van der Waals surface area contributed by atoms with Crippen LogP contribution in [0.2, 0.25) is 5.02 Å². The molecule has 0 aromatic heterocycles. The number of rotatable bonds is 5. The number of carbonyl (C=O) groups is 2. The van der Waals surface area contributed by atoms with E-state index in [1.165, 1.54) is 0 Å². The summed E-state index contributed by atoms with van der Waals surface area (Å²) < 4.78 is 11.1. The molecule has 1 saturated heterocycles. The van der Waals surface area contributed by atoms with Crippen LogP contribution in [0.1, 0.15) is 15.9 Å². The second-order valence-corrected chi connectivity index (χ2v) is 8.94. The highest BCUT2D eigenvalue weighted by molar-refractivity contribution is 6.33.